The molecule has 0 saturated carbocycles. The topological polar surface area (TPSA) is 29.1 Å². The van der Waals surface area contributed by atoms with Gasteiger partial charge in [0.15, 0.2) is 0 Å². The normalized spacial score (nSPS) is 21.4. The molecule has 3 heteroatoms. The number of amides is 1. The summed E-state index contributed by atoms with van der Waals surface area (Å²) >= 11 is 5.93. The fourth-order valence-electron chi connectivity index (χ4n) is 1.30. The maximum absolute atomic E-state index is 10.6. The van der Waals surface area contributed by atoms with Gasteiger partial charge >= 0.3 is 0 Å². The highest BCUT2D eigenvalue weighted by atomic mass is 35.5. The summed E-state index contributed by atoms with van der Waals surface area (Å²) in [5, 5.41) is 3.50. The van der Waals surface area contributed by atoms with Crippen molar-refractivity contribution < 1.29 is 4.79 Å². The molecule has 0 unspecified atom stereocenters. The van der Waals surface area contributed by atoms with Gasteiger partial charge in [0.1, 0.15) is 0 Å². The number of hydrogen-bond acceptors (Lipinski definition) is 1. The van der Waals surface area contributed by atoms with Gasteiger partial charge in [-0.2, -0.15) is 0 Å². The van der Waals surface area contributed by atoms with Crippen LogP contribution < -0.4 is 5.32 Å². The predicted octanol–water partition coefficient (Wildman–Crippen LogP) is 1.90. The number of carbonyl (C=O) groups is 1. The van der Waals surface area contributed by atoms with Gasteiger partial charge in [-0.25, -0.2) is 0 Å². The van der Waals surface area contributed by atoms with E-state index in [9.17, 15) is 4.79 Å². The van der Waals surface area contributed by atoms with Crippen LogP contribution in [0.3, 0.4) is 0 Å². The van der Waals surface area contributed by atoms with E-state index in [1.54, 1.807) is 0 Å². The minimum Gasteiger partial charge on any atom is -0.349 e. The van der Waals surface area contributed by atoms with Gasteiger partial charge in [0.25, 0.3) is 0 Å². The van der Waals surface area contributed by atoms with Crippen molar-refractivity contribution in [3.05, 3.63) is 34.9 Å². The third-order valence-electron chi connectivity index (χ3n) is 2.01. The number of β-lactam (4-membered cyclic amide) rings is 1. The number of benzene rings is 1. The van der Waals surface area contributed by atoms with E-state index >= 15 is 0 Å². The van der Waals surface area contributed by atoms with E-state index in [2.05, 4.69) is 5.32 Å². The minimum atomic E-state index is 0.0971. The molecule has 1 aliphatic heterocycles. The molecule has 0 aliphatic carbocycles. The van der Waals surface area contributed by atoms with E-state index in [-0.39, 0.29) is 11.9 Å². The molecule has 0 bridgehead atoms. The first kappa shape index (κ1) is 7.62. The molecular formula is C9H8ClNO. The van der Waals surface area contributed by atoms with Gasteiger partial charge < -0.3 is 5.32 Å². The number of hydrogen-bond donors (Lipinski definition) is 1. The third kappa shape index (κ3) is 1.18. The standard InChI is InChI=1S/C9H8ClNO/c10-7-4-2-1-3-6(7)8-5-9(12)11-8/h1-4,8H,5H2,(H,11,12)/t8-/m1/s1. The van der Waals surface area contributed by atoms with Crippen LogP contribution in [0.2, 0.25) is 5.02 Å². The quantitative estimate of drug-likeness (QED) is 0.659. The van der Waals surface area contributed by atoms with Crippen LogP contribution in [-0.2, 0) is 4.79 Å². The van der Waals surface area contributed by atoms with Gasteiger partial charge in [-0.1, -0.05) is 29.8 Å². The van der Waals surface area contributed by atoms with Crippen LogP contribution in [0.1, 0.15) is 18.0 Å². The summed E-state index contributed by atoms with van der Waals surface area (Å²) < 4.78 is 0. The molecule has 1 atom stereocenters. The van der Waals surface area contributed by atoms with Crippen molar-refractivity contribution in [3.63, 3.8) is 0 Å². The van der Waals surface area contributed by atoms with Gasteiger partial charge in [0.05, 0.1) is 12.5 Å². The summed E-state index contributed by atoms with van der Waals surface area (Å²) in [4.78, 5) is 10.6. The van der Waals surface area contributed by atoms with Crippen molar-refractivity contribution in [1.29, 1.82) is 0 Å². The second kappa shape index (κ2) is 2.79. The molecular weight excluding hydrogens is 174 g/mol. The highest BCUT2D eigenvalue weighted by molar-refractivity contribution is 6.31. The molecule has 1 heterocycles. The number of halogens is 1. The Morgan fingerprint density at radius 3 is 2.67 bits per heavy atom. The maximum Gasteiger partial charge on any atom is 0.222 e. The van der Waals surface area contributed by atoms with Crippen LogP contribution in [-0.4, -0.2) is 5.91 Å². The van der Waals surface area contributed by atoms with E-state index in [0.717, 1.165) is 10.6 Å². The lowest BCUT2D eigenvalue weighted by molar-refractivity contribution is -0.128. The third-order valence-corrected chi connectivity index (χ3v) is 2.35. The molecule has 1 aromatic carbocycles. The number of rotatable bonds is 1. The van der Waals surface area contributed by atoms with E-state index in [1.807, 2.05) is 24.3 Å². The van der Waals surface area contributed by atoms with E-state index in [0.29, 0.717) is 6.42 Å². The van der Waals surface area contributed by atoms with Gasteiger partial charge in [0, 0.05) is 5.02 Å². The fourth-order valence-corrected chi connectivity index (χ4v) is 1.57. The van der Waals surface area contributed by atoms with Crippen LogP contribution in [0.25, 0.3) is 0 Å². The second-order valence-corrected chi connectivity index (χ2v) is 3.25. The zero-order valence-electron chi connectivity index (χ0n) is 6.38. The molecule has 0 aromatic heterocycles. The molecule has 1 aliphatic rings. The van der Waals surface area contributed by atoms with Crippen molar-refractivity contribution in [2.24, 2.45) is 0 Å². The Morgan fingerprint density at radius 1 is 1.42 bits per heavy atom. The van der Waals surface area contributed by atoms with Crippen LogP contribution in [0.5, 0.6) is 0 Å². The van der Waals surface area contributed by atoms with E-state index < -0.39 is 0 Å². The average Bonchev–Trinajstić information content (AvgIpc) is 2.01. The van der Waals surface area contributed by atoms with Crippen LogP contribution in [0.4, 0.5) is 0 Å². The molecule has 1 fully saturated rings. The SMILES string of the molecule is O=C1C[C@H](c2ccccc2Cl)N1. The lowest BCUT2D eigenvalue weighted by atomic mass is 9.97. The van der Waals surface area contributed by atoms with Crippen LogP contribution in [0.15, 0.2) is 24.3 Å². The zero-order valence-corrected chi connectivity index (χ0v) is 7.14. The predicted molar refractivity (Wildman–Crippen MR) is 47.0 cm³/mol. The molecule has 0 spiro atoms. The molecule has 62 valence electrons. The summed E-state index contributed by atoms with van der Waals surface area (Å²) in [7, 11) is 0. The van der Waals surface area contributed by atoms with Gasteiger partial charge in [-0.15, -0.1) is 0 Å². The molecule has 2 nitrogen and oxygen atoms in total. The van der Waals surface area contributed by atoms with Gasteiger partial charge in [-0.05, 0) is 11.6 Å². The maximum atomic E-state index is 10.6. The zero-order chi connectivity index (χ0) is 8.55. The van der Waals surface area contributed by atoms with Crippen molar-refractivity contribution in [2.45, 2.75) is 12.5 Å². The molecule has 1 amide bonds. The van der Waals surface area contributed by atoms with Crippen molar-refractivity contribution in [1.82, 2.24) is 5.32 Å². The first-order chi connectivity index (χ1) is 5.77. The summed E-state index contributed by atoms with van der Waals surface area (Å²) in [5.41, 5.74) is 1.01. The molecule has 1 N–H and O–H groups in total. The molecule has 0 radical (unpaired) electrons. The molecule has 1 aromatic rings. The van der Waals surface area contributed by atoms with Crippen LogP contribution in [0, 0.1) is 0 Å². The number of nitrogens with one attached hydrogen (secondary N) is 1. The number of carbonyl (C=O) groups excluding carboxylic acids is 1. The molecule has 12 heavy (non-hydrogen) atoms. The van der Waals surface area contributed by atoms with Crippen LogP contribution >= 0.6 is 11.6 Å². The summed E-state index contributed by atoms with van der Waals surface area (Å²) in [6.45, 7) is 0. The smallest absolute Gasteiger partial charge is 0.222 e. The first-order valence-corrected chi connectivity index (χ1v) is 4.19. The van der Waals surface area contributed by atoms with Gasteiger partial charge in [0.2, 0.25) is 5.91 Å². The highest BCUT2D eigenvalue weighted by Gasteiger charge is 2.27. The highest BCUT2D eigenvalue weighted by Crippen LogP contribution is 2.29. The first-order valence-electron chi connectivity index (χ1n) is 3.81. The summed E-state index contributed by atoms with van der Waals surface area (Å²) in [6.07, 6.45) is 0.559. The average molecular weight is 182 g/mol. The Bertz CT molecular complexity index is 316. The second-order valence-electron chi connectivity index (χ2n) is 2.85. The van der Waals surface area contributed by atoms with Crippen molar-refractivity contribution in [2.75, 3.05) is 0 Å². The Kier molecular flexibility index (Phi) is 1.77. The molecule has 1 saturated heterocycles. The summed E-state index contributed by atoms with van der Waals surface area (Å²) in [5.74, 6) is 0.0971. The van der Waals surface area contributed by atoms with Crippen molar-refractivity contribution in [3.8, 4) is 0 Å². The summed E-state index contributed by atoms with van der Waals surface area (Å²) in [6, 6.07) is 7.71. The Hall–Kier alpha value is -1.02. The monoisotopic (exact) mass is 181 g/mol. The Labute approximate surface area is 75.5 Å². The Morgan fingerprint density at radius 2 is 2.08 bits per heavy atom. The lowest BCUT2D eigenvalue weighted by Crippen LogP contribution is -2.41. The minimum absolute atomic E-state index is 0.0971. The van der Waals surface area contributed by atoms with Gasteiger partial charge in [-0.3, -0.25) is 4.79 Å². The van der Waals surface area contributed by atoms with E-state index in [1.165, 1.54) is 0 Å². The van der Waals surface area contributed by atoms with E-state index in [4.69, 9.17) is 11.6 Å². The fraction of sp³-hybridized carbons (Fsp3) is 0.222. The lowest BCUT2D eigenvalue weighted by Gasteiger charge is -2.27. The molecule has 2 rings (SSSR count). The van der Waals surface area contributed by atoms with Crippen molar-refractivity contribution >= 4 is 17.5 Å². The largest absolute Gasteiger partial charge is 0.349 e. The Balaban J connectivity index is 2.23.